The normalized spacial score (nSPS) is 18.8. The second-order valence-corrected chi connectivity index (χ2v) is 4.80. The Morgan fingerprint density at radius 1 is 1.18 bits per heavy atom. The van der Waals surface area contributed by atoms with E-state index in [0.29, 0.717) is 12.5 Å². The summed E-state index contributed by atoms with van der Waals surface area (Å²) in [5, 5.41) is 0. The molecule has 0 spiro atoms. The number of hydrogen-bond acceptors (Lipinski definition) is 2. The van der Waals surface area contributed by atoms with Crippen LogP contribution in [0, 0.1) is 5.92 Å². The summed E-state index contributed by atoms with van der Waals surface area (Å²) in [6, 6.07) is 10.0. The number of ether oxygens (including phenoxy) is 1. The van der Waals surface area contributed by atoms with E-state index in [-0.39, 0.29) is 6.10 Å². The van der Waals surface area contributed by atoms with E-state index in [0.717, 1.165) is 24.7 Å². The number of carbonyl (C=O) groups excluding carboxylic acids is 1. The van der Waals surface area contributed by atoms with Gasteiger partial charge >= 0.3 is 0 Å². The van der Waals surface area contributed by atoms with Crippen LogP contribution in [-0.2, 0) is 16.1 Å². The van der Waals surface area contributed by atoms with Crippen molar-refractivity contribution in [2.24, 2.45) is 5.92 Å². The quantitative estimate of drug-likeness (QED) is 0.728. The maximum atomic E-state index is 11.1. The zero-order valence-electron chi connectivity index (χ0n) is 10.2. The predicted molar refractivity (Wildman–Crippen MR) is 67.7 cm³/mol. The molecule has 1 aromatic rings. The Balaban J connectivity index is 1.85. The van der Waals surface area contributed by atoms with Crippen molar-refractivity contribution in [1.29, 1.82) is 0 Å². The van der Waals surface area contributed by atoms with E-state index >= 15 is 0 Å². The van der Waals surface area contributed by atoms with Gasteiger partial charge in [-0.05, 0) is 24.3 Å². The third-order valence-electron chi connectivity index (χ3n) is 3.53. The van der Waals surface area contributed by atoms with E-state index in [1.807, 2.05) is 30.3 Å². The SMILES string of the molecule is O=C[C@H](OCc1ccccc1)C1CCCCC1. The Kier molecular flexibility index (Phi) is 4.75. The first-order valence-electron chi connectivity index (χ1n) is 6.51. The van der Waals surface area contributed by atoms with Gasteiger partial charge in [-0.2, -0.15) is 0 Å². The highest BCUT2D eigenvalue weighted by Crippen LogP contribution is 2.27. The lowest BCUT2D eigenvalue weighted by Crippen LogP contribution is -2.27. The first kappa shape index (κ1) is 12.3. The zero-order valence-corrected chi connectivity index (χ0v) is 10.2. The third-order valence-corrected chi connectivity index (χ3v) is 3.53. The molecule has 1 aliphatic rings. The van der Waals surface area contributed by atoms with Crippen LogP contribution < -0.4 is 0 Å². The molecule has 17 heavy (non-hydrogen) atoms. The van der Waals surface area contributed by atoms with Crippen LogP contribution in [0.25, 0.3) is 0 Å². The van der Waals surface area contributed by atoms with E-state index in [2.05, 4.69) is 0 Å². The van der Waals surface area contributed by atoms with Gasteiger partial charge in [-0.3, -0.25) is 0 Å². The first-order chi connectivity index (χ1) is 8.40. The van der Waals surface area contributed by atoms with Gasteiger partial charge in [-0.15, -0.1) is 0 Å². The number of rotatable bonds is 5. The van der Waals surface area contributed by atoms with Crippen LogP contribution in [0.3, 0.4) is 0 Å². The molecule has 0 amide bonds. The van der Waals surface area contributed by atoms with Crippen molar-refractivity contribution >= 4 is 6.29 Å². The monoisotopic (exact) mass is 232 g/mol. The second-order valence-electron chi connectivity index (χ2n) is 4.80. The van der Waals surface area contributed by atoms with Gasteiger partial charge in [-0.25, -0.2) is 0 Å². The molecule has 0 heterocycles. The van der Waals surface area contributed by atoms with Crippen LogP contribution in [0.15, 0.2) is 30.3 Å². The molecule has 1 fully saturated rings. The van der Waals surface area contributed by atoms with Crippen molar-refractivity contribution in [2.75, 3.05) is 0 Å². The summed E-state index contributed by atoms with van der Waals surface area (Å²) < 4.78 is 5.75. The molecule has 1 saturated carbocycles. The lowest BCUT2D eigenvalue weighted by Gasteiger charge is -2.26. The maximum Gasteiger partial charge on any atom is 0.149 e. The van der Waals surface area contributed by atoms with Crippen LogP contribution in [-0.4, -0.2) is 12.4 Å². The van der Waals surface area contributed by atoms with E-state index in [4.69, 9.17) is 4.74 Å². The molecule has 1 aromatic carbocycles. The van der Waals surface area contributed by atoms with Crippen molar-refractivity contribution in [3.05, 3.63) is 35.9 Å². The molecule has 0 bridgehead atoms. The Morgan fingerprint density at radius 3 is 2.53 bits per heavy atom. The number of carbonyl (C=O) groups is 1. The van der Waals surface area contributed by atoms with E-state index in [9.17, 15) is 4.79 Å². The van der Waals surface area contributed by atoms with Gasteiger partial charge in [0.05, 0.1) is 6.61 Å². The Bertz CT molecular complexity index is 328. The van der Waals surface area contributed by atoms with Crippen molar-refractivity contribution < 1.29 is 9.53 Å². The van der Waals surface area contributed by atoms with Gasteiger partial charge in [0.2, 0.25) is 0 Å². The van der Waals surface area contributed by atoms with Crippen molar-refractivity contribution in [3.8, 4) is 0 Å². The van der Waals surface area contributed by atoms with Gasteiger partial charge in [0.25, 0.3) is 0 Å². The van der Waals surface area contributed by atoms with Gasteiger partial charge < -0.3 is 9.53 Å². The summed E-state index contributed by atoms with van der Waals surface area (Å²) in [7, 11) is 0. The number of benzene rings is 1. The highest BCUT2D eigenvalue weighted by atomic mass is 16.5. The molecule has 0 aromatic heterocycles. The second kappa shape index (κ2) is 6.55. The first-order valence-corrected chi connectivity index (χ1v) is 6.51. The summed E-state index contributed by atoms with van der Waals surface area (Å²) >= 11 is 0. The number of aldehydes is 1. The lowest BCUT2D eigenvalue weighted by atomic mass is 9.85. The van der Waals surface area contributed by atoms with Crippen LogP contribution in [0.1, 0.15) is 37.7 Å². The Hall–Kier alpha value is -1.15. The molecule has 2 heteroatoms. The van der Waals surface area contributed by atoms with Crippen molar-refractivity contribution in [2.45, 2.75) is 44.8 Å². The minimum absolute atomic E-state index is 0.212. The molecule has 1 atom stereocenters. The molecular weight excluding hydrogens is 212 g/mol. The topological polar surface area (TPSA) is 26.3 Å². The molecule has 2 nitrogen and oxygen atoms in total. The molecule has 0 radical (unpaired) electrons. The minimum atomic E-state index is -0.212. The third kappa shape index (κ3) is 3.67. The fourth-order valence-electron chi connectivity index (χ4n) is 2.52. The number of hydrogen-bond donors (Lipinski definition) is 0. The van der Waals surface area contributed by atoms with E-state index in [1.54, 1.807) is 0 Å². The van der Waals surface area contributed by atoms with Gasteiger partial charge in [-0.1, -0.05) is 49.6 Å². The smallest absolute Gasteiger partial charge is 0.149 e. The summed E-state index contributed by atoms with van der Waals surface area (Å²) in [6.45, 7) is 0.542. The molecule has 0 aliphatic heterocycles. The van der Waals surface area contributed by atoms with Gasteiger partial charge in [0.1, 0.15) is 12.4 Å². The molecule has 92 valence electrons. The van der Waals surface area contributed by atoms with Crippen LogP contribution in [0.4, 0.5) is 0 Å². The molecule has 1 aliphatic carbocycles. The average Bonchev–Trinajstić information content (AvgIpc) is 2.42. The fourth-order valence-corrected chi connectivity index (χ4v) is 2.52. The van der Waals surface area contributed by atoms with E-state index in [1.165, 1.54) is 19.3 Å². The molecular formula is C15H20O2. The highest BCUT2D eigenvalue weighted by molar-refractivity contribution is 5.56. The standard InChI is InChI=1S/C15H20O2/c16-11-15(14-9-5-2-6-10-14)17-12-13-7-3-1-4-8-13/h1,3-4,7-8,11,14-15H,2,5-6,9-10,12H2/t15-/m0/s1. The van der Waals surface area contributed by atoms with Crippen LogP contribution >= 0.6 is 0 Å². The average molecular weight is 232 g/mol. The highest BCUT2D eigenvalue weighted by Gasteiger charge is 2.23. The van der Waals surface area contributed by atoms with E-state index < -0.39 is 0 Å². The van der Waals surface area contributed by atoms with Gasteiger partial charge in [0.15, 0.2) is 0 Å². The molecule has 0 saturated heterocycles. The zero-order chi connectivity index (χ0) is 11.9. The Morgan fingerprint density at radius 2 is 1.88 bits per heavy atom. The summed E-state index contributed by atoms with van der Waals surface area (Å²) in [4.78, 5) is 11.1. The summed E-state index contributed by atoms with van der Waals surface area (Å²) in [5.41, 5.74) is 1.13. The van der Waals surface area contributed by atoms with Crippen molar-refractivity contribution in [1.82, 2.24) is 0 Å². The van der Waals surface area contributed by atoms with Crippen LogP contribution in [0.5, 0.6) is 0 Å². The molecule has 0 N–H and O–H groups in total. The largest absolute Gasteiger partial charge is 0.366 e. The van der Waals surface area contributed by atoms with Crippen LogP contribution in [0.2, 0.25) is 0 Å². The van der Waals surface area contributed by atoms with Crippen molar-refractivity contribution in [3.63, 3.8) is 0 Å². The predicted octanol–water partition coefficient (Wildman–Crippen LogP) is 3.35. The van der Waals surface area contributed by atoms with Gasteiger partial charge in [0, 0.05) is 0 Å². The molecule has 0 unspecified atom stereocenters. The fraction of sp³-hybridized carbons (Fsp3) is 0.533. The maximum absolute atomic E-state index is 11.1. The lowest BCUT2D eigenvalue weighted by molar-refractivity contribution is -0.123. The summed E-state index contributed by atoms with van der Waals surface area (Å²) in [6.07, 6.45) is 6.83. The summed E-state index contributed by atoms with van der Waals surface area (Å²) in [5.74, 6) is 0.435. The minimum Gasteiger partial charge on any atom is -0.366 e. The molecule has 2 rings (SSSR count). The Labute approximate surface area is 103 Å².